The van der Waals surface area contributed by atoms with Crippen LogP contribution in [0.15, 0.2) is 29.3 Å². The Kier molecular flexibility index (Phi) is 3.52. The number of rotatable bonds is 3. The molecule has 0 atom stereocenters. The van der Waals surface area contributed by atoms with Crippen LogP contribution in [0.3, 0.4) is 0 Å². The number of allylic oxidation sites excluding steroid dienone is 1. The van der Waals surface area contributed by atoms with Crippen molar-refractivity contribution in [1.29, 1.82) is 0 Å². The van der Waals surface area contributed by atoms with E-state index in [9.17, 15) is 13.6 Å². The number of hydrogen-bond acceptors (Lipinski definition) is 1. The first-order chi connectivity index (χ1) is 6.56. The first kappa shape index (κ1) is 11.0. The molecule has 0 fully saturated rings. The van der Waals surface area contributed by atoms with Gasteiger partial charge in [0.25, 0.3) is 0 Å². The van der Waals surface area contributed by atoms with Gasteiger partial charge in [-0.3, -0.25) is 4.79 Å². The molecule has 0 unspecified atom stereocenters. The van der Waals surface area contributed by atoms with Gasteiger partial charge in [0, 0.05) is 12.0 Å². The molecule has 0 aliphatic heterocycles. The van der Waals surface area contributed by atoms with Crippen molar-refractivity contribution in [3.05, 3.63) is 46.5 Å². The van der Waals surface area contributed by atoms with Crippen LogP contribution in [0.5, 0.6) is 0 Å². The molecule has 0 radical (unpaired) electrons. The molecule has 0 saturated heterocycles. The highest BCUT2D eigenvalue weighted by Crippen LogP contribution is 2.22. The van der Waals surface area contributed by atoms with Gasteiger partial charge in [-0.25, -0.2) is 8.78 Å². The van der Waals surface area contributed by atoms with E-state index in [4.69, 9.17) is 0 Å². The average Bonchev–Trinajstić information content (AvgIpc) is 2.18. The monoisotopic (exact) mass is 260 g/mol. The van der Waals surface area contributed by atoms with Crippen LogP contribution in [0.4, 0.5) is 8.78 Å². The van der Waals surface area contributed by atoms with Crippen LogP contribution in [-0.4, -0.2) is 5.78 Å². The molecule has 0 aliphatic carbocycles. The zero-order valence-corrected chi connectivity index (χ0v) is 8.77. The number of ketones is 1. The Hall–Kier alpha value is -1.03. The number of hydrogen-bond donors (Lipinski definition) is 0. The normalized spacial score (nSPS) is 9.93. The summed E-state index contributed by atoms with van der Waals surface area (Å²) < 4.78 is 26.5. The Morgan fingerprint density at radius 1 is 1.50 bits per heavy atom. The minimum absolute atomic E-state index is 0.144. The molecule has 0 heterocycles. The van der Waals surface area contributed by atoms with Crippen LogP contribution in [-0.2, 0) is 11.2 Å². The van der Waals surface area contributed by atoms with E-state index in [1.807, 2.05) is 0 Å². The van der Waals surface area contributed by atoms with E-state index >= 15 is 0 Å². The maximum Gasteiger partial charge on any atom is 0.159 e. The van der Waals surface area contributed by atoms with Crippen LogP contribution in [0.1, 0.15) is 5.56 Å². The third-order valence-corrected chi connectivity index (χ3v) is 2.33. The summed E-state index contributed by atoms with van der Waals surface area (Å²) in [5, 5.41) is 0. The Morgan fingerprint density at radius 3 is 2.71 bits per heavy atom. The summed E-state index contributed by atoms with van der Waals surface area (Å²) >= 11 is 2.91. The highest BCUT2D eigenvalue weighted by Gasteiger charge is 2.14. The maximum absolute atomic E-state index is 13.3. The predicted molar refractivity (Wildman–Crippen MR) is 53.0 cm³/mol. The van der Waals surface area contributed by atoms with Gasteiger partial charge < -0.3 is 0 Å². The van der Waals surface area contributed by atoms with E-state index in [1.165, 1.54) is 6.07 Å². The molecule has 0 spiro atoms. The van der Waals surface area contributed by atoms with Gasteiger partial charge in [-0.1, -0.05) is 6.58 Å². The zero-order chi connectivity index (χ0) is 10.7. The quantitative estimate of drug-likeness (QED) is 0.603. The van der Waals surface area contributed by atoms with Crippen molar-refractivity contribution in [3.63, 3.8) is 0 Å². The van der Waals surface area contributed by atoms with Crippen molar-refractivity contribution in [2.75, 3.05) is 0 Å². The molecule has 1 nitrogen and oxygen atoms in total. The second-order valence-electron chi connectivity index (χ2n) is 2.67. The fourth-order valence-corrected chi connectivity index (χ4v) is 1.35. The largest absolute Gasteiger partial charge is 0.295 e. The fraction of sp³-hybridized carbons (Fsp3) is 0.100. The van der Waals surface area contributed by atoms with Gasteiger partial charge in [0.1, 0.15) is 11.6 Å². The lowest BCUT2D eigenvalue weighted by molar-refractivity contribution is -0.114. The molecule has 74 valence electrons. The molecule has 0 aliphatic rings. The summed E-state index contributed by atoms with van der Waals surface area (Å²) in [4.78, 5) is 10.9. The van der Waals surface area contributed by atoms with Crippen molar-refractivity contribution in [3.8, 4) is 0 Å². The standard InChI is InChI=1S/C10H7BrF2O/c1-2-6(14)5-7-9(12)4-3-8(11)10(7)13/h2-4H,1,5H2. The maximum atomic E-state index is 13.3. The van der Waals surface area contributed by atoms with E-state index in [0.29, 0.717) is 0 Å². The molecule has 1 aromatic carbocycles. The van der Waals surface area contributed by atoms with E-state index in [2.05, 4.69) is 22.5 Å². The first-order valence-electron chi connectivity index (χ1n) is 3.84. The third-order valence-electron chi connectivity index (χ3n) is 1.72. The first-order valence-corrected chi connectivity index (χ1v) is 4.63. The van der Waals surface area contributed by atoms with Crippen LogP contribution in [0.2, 0.25) is 0 Å². The Bertz CT molecular complexity index is 388. The average molecular weight is 261 g/mol. The molecular weight excluding hydrogens is 254 g/mol. The number of halogens is 3. The van der Waals surface area contributed by atoms with Gasteiger partial charge in [-0.05, 0) is 34.1 Å². The van der Waals surface area contributed by atoms with E-state index in [1.54, 1.807) is 0 Å². The number of carbonyl (C=O) groups excluding carboxylic acids is 1. The van der Waals surface area contributed by atoms with Crippen molar-refractivity contribution in [1.82, 2.24) is 0 Å². The molecule has 0 bridgehead atoms. The summed E-state index contributed by atoms with van der Waals surface area (Å²) in [6.07, 6.45) is 0.736. The predicted octanol–water partition coefficient (Wildman–Crippen LogP) is 3.02. The molecule has 4 heteroatoms. The fourth-order valence-electron chi connectivity index (χ4n) is 0.978. The minimum Gasteiger partial charge on any atom is -0.295 e. The van der Waals surface area contributed by atoms with Crippen molar-refractivity contribution < 1.29 is 13.6 Å². The smallest absolute Gasteiger partial charge is 0.159 e. The van der Waals surface area contributed by atoms with Gasteiger partial charge in [0.05, 0.1) is 4.47 Å². The second-order valence-corrected chi connectivity index (χ2v) is 3.52. The summed E-state index contributed by atoms with van der Waals surface area (Å²) in [7, 11) is 0. The Labute approximate surface area is 88.6 Å². The summed E-state index contributed by atoms with van der Waals surface area (Å²) in [6.45, 7) is 3.23. The Morgan fingerprint density at radius 2 is 2.14 bits per heavy atom. The molecule has 0 N–H and O–H groups in total. The summed E-state index contributed by atoms with van der Waals surface area (Å²) in [5.74, 6) is -1.87. The van der Waals surface area contributed by atoms with Gasteiger partial charge in [0.2, 0.25) is 0 Å². The van der Waals surface area contributed by atoms with Crippen molar-refractivity contribution in [2.45, 2.75) is 6.42 Å². The zero-order valence-electron chi connectivity index (χ0n) is 7.19. The minimum atomic E-state index is -0.736. The molecule has 0 saturated carbocycles. The van der Waals surface area contributed by atoms with Crippen LogP contribution in [0, 0.1) is 11.6 Å². The van der Waals surface area contributed by atoms with Crippen molar-refractivity contribution in [2.24, 2.45) is 0 Å². The number of benzene rings is 1. The SMILES string of the molecule is C=CC(=O)Cc1c(F)ccc(Br)c1F. The molecule has 1 aromatic rings. The van der Waals surface area contributed by atoms with Crippen LogP contribution in [0.25, 0.3) is 0 Å². The summed E-state index contributed by atoms with van der Waals surface area (Å²) in [6, 6.07) is 2.37. The van der Waals surface area contributed by atoms with E-state index in [-0.39, 0.29) is 16.5 Å². The van der Waals surface area contributed by atoms with E-state index in [0.717, 1.165) is 12.1 Å². The molecule has 0 aromatic heterocycles. The van der Waals surface area contributed by atoms with Crippen molar-refractivity contribution >= 4 is 21.7 Å². The molecule has 1 rings (SSSR count). The lowest BCUT2D eigenvalue weighted by Gasteiger charge is -2.03. The summed E-state index contributed by atoms with van der Waals surface area (Å²) in [5.41, 5.74) is -0.232. The lowest BCUT2D eigenvalue weighted by Crippen LogP contribution is -2.04. The third kappa shape index (κ3) is 2.26. The highest BCUT2D eigenvalue weighted by atomic mass is 79.9. The molecule has 0 amide bonds. The van der Waals surface area contributed by atoms with Crippen LogP contribution >= 0.6 is 15.9 Å². The highest BCUT2D eigenvalue weighted by molar-refractivity contribution is 9.10. The lowest BCUT2D eigenvalue weighted by atomic mass is 10.1. The van der Waals surface area contributed by atoms with Gasteiger partial charge in [-0.15, -0.1) is 0 Å². The van der Waals surface area contributed by atoms with Gasteiger partial charge in [-0.2, -0.15) is 0 Å². The van der Waals surface area contributed by atoms with Gasteiger partial charge in [0.15, 0.2) is 5.78 Å². The molecular formula is C10H7BrF2O. The Balaban J connectivity index is 3.12. The van der Waals surface area contributed by atoms with E-state index < -0.39 is 17.4 Å². The molecule has 14 heavy (non-hydrogen) atoms. The second kappa shape index (κ2) is 4.46. The number of carbonyl (C=O) groups is 1. The topological polar surface area (TPSA) is 17.1 Å². The van der Waals surface area contributed by atoms with Gasteiger partial charge >= 0.3 is 0 Å². The van der Waals surface area contributed by atoms with Crippen LogP contribution < -0.4 is 0 Å².